The largest absolute Gasteiger partial charge is 0.493 e. The molecule has 1 amide bonds. The summed E-state index contributed by atoms with van der Waals surface area (Å²) in [7, 11) is 4.52. The number of aromatic amines is 1. The molecule has 2 aromatic heterocycles. The average Bonchev–Trinajstić information content (AvgIpc) is 3.89. The first-order chi connectivity index (χ1) is 29.1. The molecule has 12 nitrogen and oxygen atoms in total. The van der Waals surface area contributed by atoms with Crippen molar-refractivity contribution in [2.45, 2.75) is 51.1 Å². The van der Waals surface area contributed by atoms with Crippen molar-refractivity contribution in [3.8, 4) is 17.2 Å². The Balaban J connectivity index is 1.05. The van der Waals surface area contributed by atoms with Crippen molar-refractivity contribution in [1.82, 2.24) is 29.7 Å². The van der Waals surface area contributed by atoms with Crippen LogP contribution in [0.2, 0.25) is 10.0 Å². The second kappa shape index (κ2) is 18.7. The zero-order valence-corrected chi connectivity index (χ0v) is 35.6. The van der Waals surface area contributed by atoms with Crippen LogP contribution in [0.3, 0.4) is 0 Å². The quantitative estimate of drug-likeness (QED) is 0.0680. The van der Waals surface area contributed by atoms with Crippen LogP contribution in [0.25, 0.3) is 22.1 Å². The van der Waals surface area contributed by atoms with Crippen LogP contribution in [0.15, 0.2) is 85.5 Å². The Morgan fingerprint density at radius 3 is 2.33 bits per heavy atom. The molecule has 0 spiro atoms. The summed E-state index contributed by atoms with van der Waals surface area (Å²) in [5.74, 6) is 0.733. The Hall–Kier alpha value is -5.69. The van der Waals surface area contributed by atoms with E-state index in [4.69, 9.17) is 42.4 Å². The number of rotatable bonds is 17. The van der Waals surface area contributed by atoms with Gasteiger partial charge in [0.25, 0.3) is 5.91 Å². The Bertz CT molecular complexity index is 2530. The Morgan fingerprint density at radius 1 is 0.933 bits per heavy atom. The number of likely N-dealkylation sites (tertiary alicyclic amines) is 1. The third-order valence-corrected chi connectivity index (χ3v) is 12.2. The minimum absolute atomic E-state index is 0.0700. The molecule has 2 unspecified atom stereocenters. The first-order valence-electron chi connectivity index (χ1n) is 20.0. The summed E-state index contributed by atoms with van der Waals surface area (Å²) in [6.07, 6.45) is 4.62. The van der Waals surface area contributed by atoms with Gasteiger partial charge in [0.2, 0.25) is 17.3 Å². The second-order valence-corrected chi connectivity index (χ2v) is 15.7. The third kappa shape index (κ3) is 8.63. The van der Waals surface area contributed by atoms with Gasteiger partial charge >= 0.3 is 0 Å². The molecule has 7 rings (SSSR count). The van der Waals surface area contributed by atoms with E-state index in [9.17, 15) is 14.4 Å². The number of halogens is 2. The van der Waals surface area contributed by atoms with Crippen molar-refractivity contribution in [2.75, 3.05) is 41.0 Å². The summed E-state index contributed by atoms with van der Waals surface area (Å²) >= 11 is 12.8. The molecular formula is C46H48Cl2N6O6. The van der Waals surface area contributed by atoms with Crippen LogP contribution in [0.4, 0.5) is 0 Å². The number of piperidine rings is 1. The summed E-state index contributed by atoms with van der Waals surface area (Å²) in [5, 5.41) is 4.02. The maximum absolute atomic E-state index is 14.0. The Kier molecular flexibility index (Phi) is 13.2. The van der Waals surface area contributed by atoms with Gasteiger partial charge in [-0.05, 0) is 92.9 Å². The molecule has 1 aliphatic heterocycles. The first kappa shape index (κ1) is 42.4. The van der Waals surface area contributed by atoms with E-state index in [1.54, 1.807) is 36.4 Å². The van der Waals surface area contributed by atoms with Gasteiger partial charge in [-0.25, -0.2) is 9.97 Å². The molecular weight excluding hydrogens is 803 g/mol. The van der Waals surface area contributed by atoms with Crippen LogP contribution in [0.1, 0.15) is 81.2 Å². The van der Waals surface area contributed by atoms with E-state index in [0.29, 0.717) is 99.8 Å². The van der Waals surface area contributed by atoms with Crippen molar-refractivity contribution in [2.24, 2.45) is 5.92 Å². The molecule has 0 radical (unpaired) electrons. The average molecular weight is 852 g/mol. The van der Waals surface area contributed by atoms with Gasteiger partial charge in [0.05, 0.1) is 53.5 Å². The number of benzene rings is 4. The normalized spacial score (nSPS) is 14.5. The molecule has 1 fully saturated rings. The monoisotopic (exact) mass is 850 g/mol. The zero-order valence-electron chi connectivity index (χ0n) is 34.1. The number of Topliss-reactive ketones (excluding diaryl/α,β-unsaturated/α-hetero) is 1. The third-order valence-electron chi connectivity index (χ3n) is 11.5. The number of hydrogen-bond donors (Lipinski definition) is 2. The molecule has 6 aromatic rings. The number of amides is 1. The number of allylic oxidation sites excluding steroid dienone is 1. The topological polar surface area (TPSA) is 141 Å². The van der Waals surface area contributed by atoms with Crippen molar-refractivity contribution in [1.29, 1.82) is 0 Å². The van der Waals surface area contributed by atoms with Crippen molar-refractivity contribution >= 4 is 62.7 Å². The Labute approximate surface area is 358 Å². The van der Waals surface area contributed by atoms with Crippen LogP contribution in [0, 0.1) is 5.92 Å². The van der Waals surface area contributed by atoms with E-state index < -0.39 is 0 Å². The summed E-state index contributed by atoms with van der Waals surface area (Å²) in [6, 6.07) is 21.9. The van der Waals surface area contributed by atoms with Gasteiger partial charge in [-0.15, -0.1) is 6.58 Å². The number of nitrogens with one attached hydrogen (secondary N) is 2. The predicted molar refractivity (Wildman–Crippen MR) is 234 cm³/mol. The molecule has 0 bridgehead atoms. The highest BCUT2D eigenvalue weighted by molar-refractivity contribution is 6.42. The lowest BCUT2D eigenvalue weighted by molar-refractivity contribution is 0.0760. The zero-order chi connectivity index (χ0) is 42.5. The standard InChI is InChI=1S/C46H48Cl2N6O6/c1-6-19-54-37-14-9-8-12-35(37)51-45(54)42(56)32-11-10-13-36-40(32)52-44(50-36)41(55)27-17-20-53(21-18-27)31(7-2)22-30(28-15-16-33(47)34(48)23-28)26-49-46(57)29-24-38(58-3)43(60-5)39(25-29)59-4/h6,8-16,23-25,27,30-31H,1,7,17-22,26H2,2-5H3,(H,49,57)(H,50,52). The van der Waals surface area contributed by atoms with Gasteiger partial charge in [0, 0.05) is 36.5 Å². The molecule has 1 saturated heterocycles. The summed E-state index contributed by atoms with van der Waals surface area (Å²) < 4.78 is 18.2. The summed E-state index contributed by atoms with van der Waals surface area (Å²) in [6.45, 7) is 8.20. The minimum atomic E-state index is -0.290. The van der Waals surface area contributed by atoms with Crippen LogP contribution < -0.4 is 19.5 Å². The number of fused-ring (bicyclic) bond motifs is 2. The highest BCUT2D eigenvalue weighted by Gasteiger charge is 2.32. The fourth-order valence-electron chi connectivity index (χ4n) is 8.27. The van der Waals surface area contributed by atoms with Crippen LogP contribution in [-0.4, -0.2) is 88.9 Å². The molecule has 2 N–H and O–H groups in total. The molecule has 312 valence electrons. The van der Waals surface area contributed by atoms with Gasteiger partial charge in [-0.1, -0.05) is 60.5 Å². The number of H-pyrrole nitrogens is 1. The number of ketones is 2. The number of ether oxygens (including phenoxy) is 3. The minimum Gasteiger partial charge on any atom is -0.493 e. The Morgan fingerprint density at radius 2 is 1.67 bits per heavy atom. The lowest BCUT2D eigenvalue weighted by Gasteiger charge is -2.38. The highest BCUT2D eigenvalue weighted by atomic mass is 35.5. The molecule has 1 aliphatic rings. The maximum Gasteiger partial charge on any atom is 0.251 e. The predicted octanol–water partition coefficient (Wildman–Crippen LogP) is 8.94. The van der Waals surface area contributed by atoms with E-state index in [-0.39, 0.29) is 41.2 Å². The van der Waals surface area contributed by atoms with Crippen molar-refractivity contribution in [3.63, 3.8) is 0 Å². The lowest BCUT2D eigenvalue weighted by Crippen LogP contribution is -2.44. The van der Waals surface area contributed by atoms with E-state index in [2.05, 4.69) is 33.7 Å². The lowest BCUT2D eigenvalue weighted by atomic mass is 9.87. The molecule has 0 saturated carbocycles. The van der Waals surface area contributed by atoms with Gasteiger partial charge in [0.15, 0.2) is 23.1 Å². The number of para-hydroxylation sites is 3. The van der Waals surface area contributed by atoms with Gasteiger partial charge in [0.1, 0.15) is 5.52 Å². The number of methoxy groups -OCH3 is 3. The van der Waals surface area contributed by atoms with Gasteiger partial charge in [-0.2, -0.15) is 0 Å². The first-order valence-corrected chi connectivity index (χ1v) is 20.8. The summed E-state index contributed by atoms with van der Waals surface area (Å²) in [4.78, 5) is 56.7. The maximum atomic E-state index is 14.0. The van der Waals surface area contributed by atoms with Gasteiger partial charge in [-0.3, -0.25) is 14.4 Å². The van der Waals surface area contributed by atoms with E-state index in [0.717, 1.165) is 23.9 Å². The van der Waals surface area contributed by atoms with E-state index in [1.165, 1.54) is 21.3 Å². The fourth-order valence-corrected chi connectivity index (χ4v) is 8.58. The van der Waals surface area contributed by atoms with Crippen LogP contribution >= 0.6 is 23.2 Å². The van der Waals surface area contributed by atoms with Crippen LogP contribution in [-0.2, 0) is 6.54 Å². The second-order valence-electron chi connectivity index (χ2n) is 14.9. The number of carbonyl (C=O) groups is 3. The fraction of sp³-hybridized carbons (Fsp3) is 0.326. The highest BCUT2D eigenvalue weighted by Crippen LogP contribution is 2.38. The number of hydrogen-bond acceptors (Lipinski definition) is 9. The smallest absolute Gasteiger partial charge is 0.251 e. The molecule has 14 heteroatoms. The van der Waals surface area contributed by atoms with E-state index >= 15 is 0 Å². The van der Waals surface area contributed by atoms with Gasteiger partial charge < -0.3 is 34.0 Å². The molecule has 2 atom stereocenters. The molecule has 3 heterocycles. The number of carbonyl (C=O) groups excluding carboxylic acids is 3. The van der Waals surface area contributed by atoms with Crippen LogP contribution in [0.5, 0.6) is 17.2 Å². The SMILES string of the molecule is C=CCn1c(C(=O)c2cccc3[nH]c(C(=O)C4CCN(C(CC)CC(CNC(=O)c5cc(OC)c(OC)c(OC)c5)c5ccc(Cl)c(Cl)c5)CC4)nc23)nc2ccccc21. The number of imidazole rings is 2. The molecule has 0 aliphatic carbocycles. The van der Waals surface area contributed by atoms with E-state index in [1.807, 2.05) is 47.0 Å². The summed E-state index contributed by atoms with van der Waals surface area (Å²) in [5.41, 5.74) is 4.31. The van der Waals surface area contributed by atoms with Crippen molar-refractivity contribution < 1.29 is 28.6 Å². The van der Waals surface area contributed by atoms with Crippen molar-refractivity contribution in [3.05, 3.63) is 124 Å². The number of nitrogens with zero attached hydrogens (tertiary/aromatic N) is 4. The molecule has 60 heavy (non-hydrogen) atoms. The molecule has 4 aromatic carbocycles. The number of aromatic nitrogens is 4.